The van der Waals surface area contributed by atoms with Crippen LogP contribution in [0.15, 0.2) is 0 Å². The fourth-order valence-electron chi connectivity index (χ4n) is 1.96. The molecule has 0 aliphatic carbocycles. The fraction of sp³-hybridized carbons (Fsp3) is 0.923. The van der Waals surface area contributed by atoms with Crippen LogP contribution in [0.3, 0.4) is 0 Å². The molecule has 0 radical (unpaired) electrons. The first kappa shape index (κ1) is 14.5. The van der Waals surface area contributed by atoms with Gasteiger partial charge in [0.1, 0.15) is 0 Å². The molecule has 2 heteroatoms. The van der Waals surface area contributed by atoms with Crippen molar-refractivity contribution in [1.29, 1.82) is 5.26 Å². The summed E-state index contributed by atoms with van der Waals surface area (Å²) in [4.78, 5) is 0. The van der Waals surface area contributed by atoms with Crippen LogP contribution in [-0.4, -0.2) is 12.7 Å². The van der Waals surface area contributed by atoms with Gasteiger partial charge >= 0.3 is 0 Å². The largest absolute Gasteiger partial charge is 0.377 e. The number of hydrogen-bond donors (Lipinski definition) is 0. The van der Waals surface area contributed by atoms with Crippen LogP contribution in [0.5, 0.6) is 0 Å². The highest BCUT2D eigenvalue weighted by Crippen LogP contribution is 2.25. The van der Waals surface area contributed by atoms with Crippen molar-refractivity contribution < 1.29 is 4.74 Å². The molecule has 0 saturated heterocycles. The highest BCUT2D eigenvalue weighted by atomic mass is 16.5. The van der Waals surface area contributed by atoms with E-state index in [1.807, 2.05) is 0 Å². The van der Waals surface area contributed by atoms with Crippen molar-refractivity contribution in [2.24, 2.45) is 17.8 Å². The Hall–Kier alpha value is -0.550. The molecule has 0 N–H and O–H groups in total. The molecule has 0 aromatic carbocycles. The maximum absolute atomic E-state index is 8.44. The van der Waals surface area contributed by atoms with E-state index in [0.717, 1.165) is 0 Å². The Morgan fingerprint density at radius 2 is 1.73 bits per heavy atom. The summed E-state index contributed by atoms with van der Waals surface area (Å²) < 4.78 is 5.68. The Morgan fingerprint density at radius 3 is 2.13 bits per heavy atom. The molecule has 0 heterocycles. The SMILES string of the molecule is CC(C)CC(C(C)C)C(C)OCCC#N. The third-order valence-corrected chi connectivity index (χ3v) is 2.80. The molecular weight excluding hydrogens is 186 g/mol. The van der Waals surface area contributed by atoms with Gasteiger partial charge in [0.05, 0.1) is 25.2 Å². The molecule has 0 aromatic rings. The first-order valence-corrected chi connectivity index (χ1v) is 5.97. The molecule has 0 bridgehead atoms. The highest BCUT2D eigenvalue weighted by molar-refractivity contribution is 4.73. The average Bonchev–Trinajstić information content (AvgIpc) is 2.13. The Bertz CT molecular complexity index is 193. The van der Waals surface area contributed by atoms with Crippen molar-refractivity contribution in [1.82, 2.24) is 0 Å². The minimum atomic E-state index is 0.265. The molecule has 0 spiro atoms. The van der Waals surface area contributed by atoms with Crippen molar-refractivity contribution >= 4 is 0 Å². The lowest BCUT2D eigenvalue weighted by atomic mass is 9.84. The normalized spacial score (nSPS) is 15.3. The maximum atomic E-state index is 8.44. The molecule has 0 aromatic heterocycles. The number of hydrogen-bond acceptors (Lipinski definition) is 2. The van der Waals surface area contributed by atoms with E-state index in [0.29, 0.717) is 30.8 Å². The van der Waals surface area contributed by atoms with Gasteiger partial charge in [0.25, 0.3) is 0 Å². The summed E-state index contributed by atoms with van der Waals surface area (Å²) in [5.41, 5.74) is 0. The van der Waals surface area contributed by atoms with Gasteiger partial charge < -0.3 is 4.74 Å². The third kappa shape index (κ3) is 6.52. The van der Waals surface area contributed by atoms with E-state index >= 15 is 0 Å². The van der Waals surface area contributed by atoms with Crippen LogP contribution in [0, 0.1) is 29.1 Å². The Balaban J connectivity index is 4.05. The Labute approximate surface area is 94.6 Å². The molecule has 0 amide bonds. The minimum absolute atomic E-state index is 0.265. The van der Waals surface area contributed by atoms with E-state index in [2.05, 4.69) is 40.7 Å². The molecule has 2 unspecified atom stereocenters. The monoisotopic (exact) mass is 211 g/mol. The van der Waals surface area contributed by atoms with Crippen LogP contribution in [-0.2, 0) is 4.74 Å². The lowest BCUT2D eigenvalue weighted by Crippen LogP contribution is -2.27. The topological polar surface area (TPSA) is 33.0 Å². The fourth-order valence-corrected chi connectivity index (χ4v) is 1.96. The van der Waals surface area contributed by atoms with Crippen molar-refractivity contribution in [2.75, 3.05) is 6.61 Å². The van der Waals surface area contributed by atoms with E-state index in [1.165, 1.54) is 6.42 Å². The van der Waals surface area contributed by atoms with E-state index in [4.69, 9.17) is 10.00 Å². The molecule has 15 heavy (non-hydrogen) atoms. The molecule has 0 aliphatic heterocycles. The van der Waals surface area contributed by atoms with Gasteiger partial charge in [-0.25, -0.2) is 0 Å². The predicted molar refractivity (Wildman–Crippen MR) is 63.4 cm³/mol. The lowest BCUT2D eigenvalue weighted by Gasteiger charge is -2.28. The summed E-state index contributed by atoms with van der Waals surface area (Å²) in [6, 6.07) is 2.11. The van der Waals surface area contributed by atoms with E-state index < -0.39 is 0 Å². The van der Waals surface area contributed by atoms with Gasteiger partial charge in [-0.2, -0.15) is 5.26 Å². The number of nitriles is 1. The summed E-state index contributed by atoms with van der Waals surface area (Å²) in [6.07, 6.45) is 1.96. The highest BCUT2D eigenvalue weighted by Gasteiger charge is 2.22. The number of nitrogens with zero attached hydrogens (tertiary/aromatic N) is 1. The molecule has 2 nitrogen and oxygen atoms in total. The molecule has 0 rings (SSSR count). The standard InChI is InChI=1S/C13H25NO/c1-10(2)9-13(11(3)4)12(5)15-8-6-7-14/h10-13H,6,8-9H2,1-5H3. The van der Waals surface area contributed by atoms with Gasteiger partial charge in [-0.05, 0) is 31.1 Å². The summed E-state index contributed by atoms with van der Waals surface area (Å²) in [5, 5.41) is 8.44. The zero-order valence-electron chi connectivity index (χ0n) is 10.8. The number of rotatable bonds is 7. The zero-order valence-corrected chi connectivity index (χ0v) is 10.8. The quantitative estimate of drug-likeness (QED) is 0.602. The second kappa shape index (κ2) is 7.70. The maximum Gasteiger partial charge on any atom is 0.0645 e. The molecule has 88 valence electrons. The first-order valence-electron chi connectivity index (χ1n) is 5.97. The molecular formula is C13H25NO. The van der Waals surface area contributed by atoms with Crippen LogP contribution in [0.4, 0.5) is 0 Å². The van der Waals surface area contributed by atoms with Crippen LogP contribution < -0.4 is 0 Å². The van der Waals surface area contributed by atoms with Gasteiger partial charge in [-0.3, -0.25) is 0 Å². The first-order chi connectivity index (χ1) is 6.99. The smallest absolute Gasteiger partial charge is 0.0645 e. The predicted octanol–water partition coefficient (Wildman–Crippen LogP) is 3.62. The summed E-state index contributed by atoms with van der Waals surface area (Å²) in [6.45, 7) is 11.7. The van der Waals surface area contributed by atoms with E-state index in [1.54, 1.807) is 0 Å². The molecule has 0 fully saturated rings. The van der Waals surface area contributed by atoms with Crippen LogP contribution in [0.1, 0.15) is 47.5 Å². The number of ether oxygens (including phenoxy) is 1. The van der Waals surface area contributed by atoms with E-state index in [9.17, 15) is 0 Å². The van der Waals surface area contributed by atoms with Crippen molar-refractivity contribution in [2.45, 2.75) is 53.6 Å². The van der Waals surface area contributed by atoms with Crippen LogP contribution in [0.25, 0.3) is 0 Å². The summed E-state index contributed by atoms with van der Waals surface area (Å²) >= 11 is 0. The second-order valence-electron chi connectivity index (χ2n) is 5.02. The Kier molecular flexibility index (Phi) is 7.42. The molecule has 0 saturated carbocycles. The zero-order chi connectivity index (χ0) is 11.8. The minimum Gasteiger partial charge on any atom is -0.377 e. The second-order valence-corrected chi connectivity index (χ2v) is 5.02. The van der Waals surface area contributed by atoms with E-state index in [-0.39, 0.29) is 6.10 Å². The van der Waals surface area contributed by atoms with Crippen molar-refractivity contribution in [3.8, 4) is 6.07 Å². The van der Waals surface area contributed by atoms with Crippen molar-refractivity contribution in [3.05, 3.63) is 0 Å². The Morgan fingerprint density at radius 1 is 1.13 bits per heavy atom. The van der Waals surface area contributed by atoms with Crippen molar-refractivity contribution in [3.63, 3.8) is 0 Å². The summed E-state index contributed by atoms with van der Waals surface area (Å²) in [5.74, 6) is 1.95. The summed E-state index contributed by atoms with van der Waals surface area (Å²) in [7, 11) is 0. The van der Waals surface area contributed by atoms with Gasteiger partial charge in [-0.15, -0.1) is 0 Å². The lowest BCUT2D eigenvalue weighted by molar-refractivity contribution is 0.00522. The molecule has 2 atom stereocenters. The van der Waals surface area contributed by atoms with Crippen LogP contribution >= 0.6 is 0 Å². The van der Waals surface area contributed by atoms with Gasteiger partial charge in [0, 0.05) is 0 Å². The molecule has 0 aliphatic rings. The van der Waals surface area contributed by atoms with Gasteiger partial charge in [0.15, 0.2) is 0 Å². The van der Waals surface area contributed by atoms with Crippen LogP contribution in [0.2, 0.25) is 0 Å². The van der Waals surface area contributed by atoms with Gasteiger partial charge in [-0.1, -0.05) is 27.7 Å². The van der Waals surface area contributed by atoms with Gasteiger partial charge in [0.2, 0.25) is 0 Å². The average molecular weight is 211 g/mol. The third-order valence-electron chi connectivity index (χ3n) is 2.80.